The Morgan fingerprint density at radius 2 is 1.79 bits per heavy atom. The number of rotatable bonds is 3. The van der Waals surface area contributed by atoms with E-state index in [9.17, 15) is 0 Å². The van der Waals surface area contributed by atoms with Crippen LogP contribution in [0.5, 0.6) is 5.75 Å². The molecule has 0 atom stereocenters. The Labute approximate surface area is 119 Å². The third-order valence-electron chi connectivity index (χ3n) is 3.50. The molecule has 19 heavy (non-hydrogen) atoms. The molecule has 0 bridgehead atoms. The lowest BCUT2D eigenvalue weighted by Crippen LogP contribution is -1.97. The summed E-state index contributed by atoms with van der Waals surface area (Å²) in [4.78, 5) is 1.29. The maximum atomic E-state index is 6.18. The smallest absolute Gasteiger partial charge is 0.122 e. The number of hydrogen-bond acceptors (Lipinski definition) is 3. The van der Waals surface area contributed by atoms with E-state index in [-0.39, 0.29) is 0 Å². The zero-order valence-electron chi connectivity index (χ0n) is 12.3. The summed E-state index contributed by atoms with van der Waals surface area (Å²) in [6, 6.07) is 4.30. The van der Waals surface area contributed by atoms with Crippen LogP contribution in [0.3, 0.4) is 0 Å². The molecular formula is C16H21NOS. The number of nitrogens with two attached hydrogens (primary N) is 1. The van der Waals surface area contributed by atoms with Gasteiger partial charge in [-0.2, -0.15) is 0 Å². The van der Waals surface area contributed by atoms with E-state index in [2.05, 4.69) is 39.8 Å². The van der Waals surface area contributed by atoms with E-state index in [0.717, 1.165) is 16.3 Å². The topological polar surface area (TPSA) is 35.2 Å². The van der Waals surface area contributed by atoms with E-state index in [1.807, 2.05) is 6.92 Å². The summed E-state index contributed by atoms with van der Waals surface area (Å²) in [5, 5.41) is 0.904. The van der Waals surface area contributed by atoms with Crippen molar-refractivity contribution in [3.63, 3.8) is 0 Å². The summed E-state index contributed by atoms with van der Waals surface area (Å²) in [6.45, 7) is 11.2. The Hall–Kier alpha value is -1.48. The second-order valence-corrected chi connectivity index (χ2v) is 6.14. The van der Waals surface area contributed by atoms with Crippen molar-refractivity contribution in [3.05, 3.63) is 33.7 Å². The number of nitrogen functional groups attached to an aromatic ring is 1. The Morgan fingerprint density at radius 1 is 1.11 bits per heavy atom. The Kier molecular flexibility index (Phi) is 3.85. The molecule has 102 valence electrons. The van der Waals surface area contributed by atoms with Crippen molar-refractivity contribution in [2.24, 2.45) is 0 Å². The van der Waals surface area contributed by atoms with Gasteiger partial charge < -0.3 is 10.5 Å². The minimum atomic E-state index is 0.693. The highest BCUT2D eigenvalue weighted by atomic mass is 32.1. The first-order valence-corrected chi connectivity index (χ1v) is 7.37. The molecular weight excluding hydrogens is 254 g/mol. The van der Waals surface area contributed by atoms with Crippen molar-refractivity contribution in [1.82, 2.24) is 0 Å². The summed E-state index contributed by atoms with van der Waals surface area (Å²) in [5.41, 5.74) is 12.2. The summed E-state index contributed by atoms with van der Waals surface area (Å²) >= 11 is 1.67. The number of thiophene rings is 1. The quantitative estimate of drug-likeness (QED) is 0.886. The Bertz CT molecular complexity index is 614. The van der Waals surface area contributed by atoms with E-state index in [0.29, 0.717) is 6.61 Å². The second-order valence-electron chi connectivity index (χ2n) is 4.89. The third kappa shape index (κ3) is 2.47. The number of aryl methyl sites for hydroxylation is 3. The molecule has 0 aliphatic rings. The van der Waals surface area contributed by atoms with Crippen LogP contribution >= 0.6 is 11.3 Å². The first-order chi connectivity index (χ1) is 8.95. The van der Waals surface area contributed by atoms with Crippen LogP contribution in [0.1, 0.15) is 28.5 Å². The molecule has 1 aromatic carbocycles. The molecule has 0 amide bonds. The average molecular weight is 275 g/mol. The molecule has 0 aliphatic carbocycles. The Balaban J connectivity index is 2.60. The van der Waals surface area contributed by atoms with Crippen LogP contribution < -0.4 is 10.5 Å². The van der Waals surface area contributed by atoms with Crippen LogP contribution in [0.4, 0.5) is 5.00 Å². The van der Waals surface area contributed by atoms with Gasteiger partial charge in [0.1, 0.15) is 5.75 Å². The average Bonchev–Trinajstić information content (AvgIpc) is 2.59. The predicted octanol–water partition coefficient (Wildman–Crippen LogP) is 4.63. The zero-order valence-corrected chi connectivity index (χ0v) is 13.1. The molecule has 0 unspecified atom stereocenters. The minimum Gasteiger partial charge on any atom is -0.494 e. The van der Waals surface area contributed by atoms with Crippen LogP contribution in [-0.4, -0.2) is 6.61 Å². The lowest BCUT2D eigenvalue weighted by Gasteiger charge is -2.13. The highest BCUT2D eigenvalue weighted by Crippen LogP contribution is 2.41. The maximum absolute atomic E-state index is 6.18. The van der Waals surface area contributed by atoms with Crippen molar-refractivity contribution >= 4 is 16.3 Å². The van der Waals surface area contributed by atoms with E-state index in [1.165, 1.54) is 27.1 Å². The highest BCUT2D eigenvalue weighted by Gasteiger charge is 2.15. The lowest BCUT2D eigenvalue weighted by atomic mass is 9.96. The SMILES string of the molecule is CCOc1cc(C)c(-c2c(N)sc(C)c2C)cc1C. The van der Waals surface area contributed by atoms with Gasteiger partial charge in [-0.15, -0.1) is 11.3 Å². The molecule has 2 N–H and O–H groups in total. The molecule has 0 saturated carbocycles. The fourth-order valence-corrected chi connectivity index (χ4v) is 3.31. The van der Waals surface area contributed by atoms with Gasteiger partial charge in [-0.25, -0.2) is 0 Å². The van der Waals surface area contributed by atoms with Crippen molar-refractivity contribution in [1.29, 1.82) is 0 Å². The molecule has 2 rings (SSSR count). The summed E-state index contributed by atoms with van der Waals surface area (Å²) < 4.78 is 5.65. The number of hydrogen-bond donors (Lipinski definition) is 1. The molecule has 2 aromatic rings. The first kappa shape index (κ1) is 13.9. The highest BCUT2D eigenvalue weighted by molar-refractivity contribution is 7.16. The summed E-state index contributed by atoms with van der Waals surface area (Å²) in [6.07, 6.45) is 0. The largest absolute Gasteiger partial charge is 0.494 e. The molecule has 3 heteroatoms. The molecule has 0 aliphatic heterocycles. The monoisotopic (exact) mass is 275 g/mol. The molecule has 0 radical (unpaired) electrons. The standard InChI is InChI=1S/C16H21NOS/c1-6-18-14-8-9(2)13(7-10(14)3)15-11(4)12(5)19-16(15)17/h7-8H,6,17H2,1-5H3. The zero-order chi connectivity index (χ0) is 14.2. The molecule has 1 heterocycles. The molecule has 0 fully saturated rings. The van der Waals surface area contributed by atoms with Gasteiger partial charge in [0.05, 0.1) is 11.6 Å². The second kappa shape index (κ2) is 5.25. The summed E-state index contributed by atoms with van der Waals surface area (Å²) in [7, 11) is 0. The van der Waals surface area contributed by atoms with Gasteiger partial charge in [0.25, 0.3) is 0 Å². The fraction of sp³-hybridized carbons (Fsp3) is 0.375. The van der Waals surface area contributed by atoms with E-state index in [1.54, 1.807) is 11.3 Å². The molecule has 0 spiro atoms. The van der Waals surface area contributed by atoms with Crippen LogP contribution in [-0.2, 0) is 0 Å². The van der Waals surface area contributed by atoms with Crippen LogP contribution in [0.2, 0.25) is 0 Å². The lowest BCUT2D eigenvalue weighted by molar-refractivity contribution is 0.337. The molecule has 2 nitrogen and oxygen atoms in total. The molecule has 1 aromatic heterocycles. The van der Waals surface area contributed by atoms with E-state index < -0.39 is 0 Å². The molecule has 0 saturated heterocycles. The van der Waals surface area contributed by atoms with Gasteiger partial charge in [0, 0.05) is 10.4 Å². The van der Waals surface area contributed by atoms with Gasteiger partial charge in [-0.05, 0) is 69.0 Å². The van der Waals surface area contributed by atoms with Crippen molar-refractivity contribution in [3.8, 4) is 16.9 Å². The van der Waals surface area contributed by atoms with Gasteiger partial charge in [-0.1, -0.05) is 0 Å². The number of benzene rings is 1. The third-order valence-corrected chi connectivity index (χ3v) is 4.54. The van der Waals surface area contributed by atoms with Crippen LogP contribution in [0, 0.1) is 27.7 Å². The van der Waals surface area contributed by atoms with Gasteiger partial charge in [0.15, 0.2) is 0 Å². The van der Waals surface area contributed by atoms with Gasteiger partial charge in [-0.3, -0.25) is 0 Å². The van der Waals surface area contributed by atoms with Crippen molar-refractivity contribution in [2.45, 2.75) is 34.6 Å². The minimum absolute atomic E-state index is 0.693. The first-order valence-electron chi connectivity index (χ1n) is 6.55. The normalized spacial score (nSPS) is 10.8. The van der Waals surface area contributed by atoms with Crippen molar-refractivity contribution in [2.75, 3.05) is 12.3 Å². The number of ether oxygens (including phenoxy) is 1. The van der Waals surface area contributed by atoms with Crippen molar-refractivity contribution < 1.29 is 4.74 Å². The predicted molar refractivity (Wildman–Crippen MR) is 84.3 cm³/mol. The summed E-state index contributed by atoms with van der Waals surface area (Å²) in [5.74, 6) is 0.965. The Morgan fingerprint density at radius 3 is 2.32 bits per heavy atom. The number of anilines is 1. The van der Waals surface area contributed by atoms with Gasteiger partial charge >= 0.3 is 0 Å². The van der Waals surface area contributed by atoms with Crippen LogP contribution in [0.15, 0.2) is 12.1 Å². The van der Waals surface area contributed by atoms with E-state index in [4.69, 9.17) is 10.5 Å². The maximum Gasteiger partial charge on any atom is 0.122 e. The van der Waals surface area contributed by atoms with Gasteiger partial charge in [0.2, 0.25) is 0 Å². The fourth-order valence-electron chi connectivity index (χ4n) is 2.36. The van der Waals surface area contributed by atoms with E-state index >= 15 is 0 Å². The van der Waals surface area contributed by atoms with Crippen LogP contribution in [0.25, 0.3) is 11.1 Å².